The van der Waals surface area contributed by atoms with Crippen LogP contribution in [0.1, 0.15) is 50.7 Å². The van der Waals surface area contributed by atoms with Gasteiger partial charge in [-0.05, 0) is 48.9 Å². The number of aliphatic carboxylic acids is 1. The molecule has 0 radical (unpaired) electrons. The highest BCUT2D eigenvalue weighted by Gasteiger charge is 2.15. The van der Waals surface area contributed by atoms with Gasteiger partial charge in [-0.2, -0.15) is 0 Å². The van der Waals surface area contributed by atoms with Crippen LogP contribution in [0.3, 0.4) is 0 Å². The van der Waals surface area contributed by atoms with Gasteiger partial charge in [0.2, 0.25) is 0 Å². The average Bonchev–Trinajstić information content (AvgIpc) is 2.44. The van der Waals surface area contributed by atoms with Gasteiger partial charge in [-0.25, -0.2) is 0 Å². The summed E-state index contributed by atoms with van der Waals surface area (Å²) in [6, 6.07) is 6.22. The smallest absolute Gasteiger partial charge is 0.306 e. The third kappa shape index (κ3) is 5.38. The van der Waals surface area contributed by atoms with Crippen molar-refractivity contribution in [2.24, 2.45) is 11.7 Å². The lowest BCUT2D eigenvalue weighted by Crippen LogP contribution is -2.16. The van der Waals surface area contributed by atoms with Crippen LogP contribution >= 0.6 is 0 Å². The van der Waals surface area contributed by atoms with E-state index in [2.05, 4.69) is 32.0 Å². The molecule has 0 aromatic heterocycles. The van der Waals surface area contributed by atoms with Gasteiger partial charge in [0.25, 0.3) is 0 Å². The highest BCUT2D eigenvalue weighted by molar-refractivity contribution is 5.69. The SMILES string of the molecule is CCC(CCOc1cc(C(C)C)ccc1CCN)C(=O)O. The van der Waals surface area contributed by atoms with Gasteiger partial charge in [0, 0.05) is 0 Å². The summed E-state index contributed by atoms with van der Waals surface area (Å²) in [6.07, 6.45) is 1.92. The van der Waals surface area contributed by atoms with Gasteiger partial charge < -0.3 is 15.6 Å². The van der Waals surface area contributed by atoms with Gasteiger partial charge >= 0.3 is 5.97 Å². The second-order valence-electron chi connectivity index (χ2n) is 5.64. The fourth-order valence-corrected chi connectivity index (χ4v) is 2.24. The Kier molecular flexibility index (Phi) is 7.23. The predicted molar refractivity (Wildman–Crippen MR) is 84.8 cm³/mol. The number of carbonyl (C=O) groups is 1. The first kappa shape index (κ1) is 17.5. The molecular weight excluding hydrogens is 266 g/mol. The lowest BCUT2D eigenvalue weighted by molar-refractivity contribution is -0.142. The molecule has 4 nitrogen and oxygen atoms in total. The normalized spacial score (nSPS) is 12.4. The number of nitrogens with two attached hydrogens (primary N) is 1. The monoisotopic (exact) mass is 293 g/mol. The van der Waals surface area contributed by atoms with Crippen LogP contribution in [0.15, 0.2) is 18.2 Å². The first-order chi connectivity index (χ1) is 9.99. The molecule has 0 aliphatic heterocycles. The summed E-state index contributed by atoms with van der Waals surface area (Å²) in [5.41, 5.74) is 7.94. The molecule has 1 atom stereocenters. The Balaban J connectivity index is 2.75. The lowest BCUT2D eigenvalue weighted by Gasteiger charge is -2.16. The third-order valence-electron chi connectivity index (χ3n) is 3.74. The van der Waals surface area contributed by atoms with Crippen LogP contribution in [0.4, 0.5) is 0 Å². The summed E-state index contributed by atoms with van der Waals surface area (Å²) < 4.78 is 5.84. The first-order valence-corrected chi connectivity index (χ1v) is 7.68. The van der Waals surface area contributed by atoms with Crippen molar-refractivity contribution in [3.8, 4) is 5.75 Å². The van der Waals surface area contributed by atoms with E-state index < -0.39 is 5.97 Å². The molecule has 1 aromatic rings. The molecule has 0 saturated carbocycles. The van der Waals surface area contributed by atoms with Crippen LogP contribution in [0.25, 0.3) is 0 Å². The summed E-state index contributed by atoms with van der Waals surface area (Å²) in [5, 5.41) is 9.05. The Morgan fingerprint density at radius 3 is 2.62 bits per heavy atom. The van der Waals surface area contributed by atoms with Gasteiger partial charge in [-0.1, -0.05) is 32.9 Å². The van der Waals surface area contributed by atoms with Crippen molar-refractivity contribution >= 4 is 5.97 Å². The molecule has 21 heavy (non-hydrogen) atoms. The summed E-state index contributed by atoms with van der Waals surface area (Å²) in [5.74, 6) is 0.184. The van der Waals surface area contributed by atoms with E-state index in [1.807, 2.05) is 6.92 Å². The maximum atomic E-state index is 11.0. The van der Waals surface area contributed by atoms with E-state index in [1.165, 1.54) is 5.56 Å². The van der Waals surface area contributed by atoms with Crippen LogP contribution in [-0.2, 0) is 11.2 Å². The summed E-state index contributed by atoms with van der Waals surface area (Å²) in [7, 11) is 0. The summed E-state index contributed by atoms with van der Waals surface area (Å²) in [6.45, 7) is 7.16. The second-order valence-corrected chi connectivity index (χ2v) is 5.64. The molecular formula is C17H27NO3. The molecule has 0 fully saturated rings. The zero-order chi connectivity index (χ0) is 15.8. The van der Waals surface area contributed by atoms with Crippen molar-refractivity contribution in [3.63, 3.8) is 0 Å². The second kappa shape index (κ2) is 8.67. The quantitative estimate of drug-likeness (QED) is 0.733. The highest BCUT2D eigenvalue weighted by Crippen LogP contribution is 2.26. The van der Waals surface area contributed by atoms with Crippen LogP contribution < -0.4 is 10.5 Å². The molecule has 1 unspecified atom stereocenters. The lowest BCUT2D eigenvalue weighted by atomic mass is 9.99. The summed E-state index contributed by atoms with van der Waals surface area (Å²) in [4.78, 5) is 11.0. The molecule has 0 spiro atoms. The number of carboxylic acid groups (broad SMARTS) is 1. The van der Waals surface area contributed by atoms with Gasteiger partial charge in [0.1, 0.15) is 5.75 Å². The molecule has 1 aromatic carbocycles. The van der Waals surface area contributed by atoms with Gasteiger partial charge in [0.15, 0.2) is 0 Å². The van der Waals surface area contributed by atoms with E-state index in [0.717, 1.165) is 17.7 Å². The van der Waals surface area contributed by atoms with Crippen LogP contribution in [0, 0.1) is 5.92 Å². The van der Waals surface area contributed by atoms with E-state index in [1.54, 1.807) is 0 Å². The van der Waals surface area contributed by atoms with Crippen molar-refractivity contribution in [1.29, 1.82) is 0 Å². The Morgan fingerprint density at radius 1 is 1.38 bits per heavy atom. The molecule has 0 aliphatic rings. The van der Waals surface area contributed by atoms with Crippen LogP contribution in [0.5, 0.6) is 5.75 Å². The van der Waals surface area contributed by atoms with Gasteiger partial charge in [0.05, 0.1) is 12.5 Å². The van der Waals surface area contributed by atoms with E-state index in [4.69, 9.17) is 15.6 Å². The number of benzene rings is 1. The van der Waals surface area contributed by atoms with Crippen molar-refractivity contribution in [2.45, 2.75) is 46.0 Å². The fraction of sp³-hybridized carbons (Fsp3) is 0.588. The van der Waals surface area contributed by atoms with Crippen molar-refractivity contribution in [2.75, 3.05) is 13.2 Å². The zero-order valence-electron chi connectivity index (χ0n) is 13.3. The fourth-order valence-electron chi connectivity index (χ4n) is 2.24. The first-order valence-electron chi connectivity index (χ1n) is 7.68. The van der Waals surface area contributed by atoms with Crippen molar-refractivity contribution < 1.29 is 14.6 Å². The number of hydrogen-bond acceptors (Lipinski definition) is 3. The average molecular weight is 293 g/mol. The Bertz CT molecular complexity index is 457. The molecule has 0 amide bonds. The van der Waals surface area contributed by atoms with E-state index in [9.17, 15) is 4.79 Å². The maximum absolute atomic E-state index is 11.0. The summed E-state index contributed by atoms with van der Waals surface area (Å²) >= 11 is 0. The minimum atomic E-state index is -0.751. The van der Waals surface area contributed by atoms with Gasteiger partial charge in [-0.3, -0.25) is 4.79 Å². The minimum Gasteiger partial charge on any atom is -0.493 e. The van der Waals surface area contributed by atoms with E-state index in [0.29, 0.717) is 31.9 Å². The molecule has 0 bridgehead atoms. The zero-order valence-corrected chi connectivity index (χ0v) is 13.3. The maximum Gasteiger partial charge on any atom is 0.306 e. The Morgan fingerprint density at radius 2 is 2.10 bits per heavy atom. The molecule has 4 heteroatoms. The number of hydrogen-bond donors (Lipinski definition) is 2. The van der Waals surface area contributed by atoms with Crippen molar-refractivity contribution in [3.05, 3.63) is 29.3 Å². The third-order valence-corrected chi connectivity index (χ3v) is 3.74. The van der Waals surface area contributed by atoms with E-state index >= 15 is 0 Å². The topological polar surface area (TPSA) is 72.5 Å². The minimum absolute atomic E-state index is 0.337. The number of rotatable bonds is 9. The molecule has 118 valence electrons. The molecule has 0 saturated heterocycles. The van der Waals surface area contributed by atoms with Crippen molar-refractivity contribution in [1.82, 2.24) is 0 Å². The number of carboxylic acids is 1. The highest BCUT2D eigenvalue weighted by atomic mass is 16.5. The molecule has 3 N–H and O–H groups in total. The van der Waals surface area contributed by atoms with Crippen LogP contribution in [0.2, 0.25) is 0 Å². The van der Waals surface area contributed by atoms with Gasteiger partial charge in [-0.15, -0.1) is 0 Å². The molecule has 1 rings (SSSR count). The largest absolute Gasteiger partial charge is 0.493 e. The molecule has 0 aliphatic carbocycles. The molecule has 0 heterocycles. The Labute approximate surface area is 127 Å². The van der Waals surface area contributed by atoms with Crippen LogP contribution in [-0.4, -0.2) is 24.2 Å². The Hall–Kier alpha value is -1.55. The standard InChI is InChI=1S/C17H27NO3/c1-4-13(17(19)20)8-10-21-16-11-15(12(2)3)6-5-14(16)7-9-18/h5-6,11-13H,4,7-10,18H2,1-3H3,(H,19,20). The predicted octanol–water partition coefficient (Wildman–Crippen LogP) is 3.19. The number of ether oxygens (including phenoxy) is 1. The van der Waals surface area contributed by atoms with E-state index in [-0.39, 0.29) is 5.92 Å².